The van der Waals surface area contributed by atoms with Crippen LogP contribution < -0.4 is 5.01 Å². The fraction of sp³-hybridized carbons (Fsp3) is 0.0909. The molecule has 27 heavy (non-hydrogen) atoms. The Hall–Kier alpha value is -2.62. The summed E-state index contributed by atoms with van der Waals surface area (Å²) >= 11 is 12.4. The summed E-state index contributed by atoms with van der Waals surface area (Å²) in [6.07, 6.45) is 2.33. The predicted octanol–water partition coefficient (Wildman–Crippen LogP) is 5.97. The van der Waals surface area contributed by atoms with E-state index in [4.69, 9.17) is 23.2 Å². The van der Waals surface area contributed by atoms with Crippen molar-refractivity contribution in [3.05, 3.63) is 99.5 Å². The monoisotopic (exact) mass is 396 g/mol. The molecule has 0 fully saturated rings. The molecule has 3 rings (SSSR count). The molecule has 0 N–H and O–H groups in total. The molecule has 5 heteroatoms. The van der Waals surface area contributed by atoms with Crippen LogP contribution in [0.5, 0.6) is 0 Å². The second-order valence-electron chi connectivity index (χ2n) is 6.07. The highest BCUT2D eigenvalue weighted by molar-refractivity contribution is 6.31. The van der Waals surface area contributed by atoms with E-state index in [-0.39, 0.29) is 5.91 Å². The van der Waals surface area contributed by atoms with Gasteiger partial charge in [0, 0.05) is 17.0 Å². The zero-order valence-electron chi connectivity index (χ0n) is 14.8. The van der Waals surface area contributed by atoms with Gasteiger partial charge in [-0.2, -0.15) is 5.10 Å². The Balaban J connectivity index is 1.82. The van der Waals surface area contributed by atoms with Gasteiger partial charge in [0.15, 0.2) is 0 Å². The van der Waals surface area contributed by atoms with Gasteiger partial charge in [-0.1, -0.05) is 71.7 Å². The largest absolute Gasteiger partial charge is 0.273 e. The van der Waals surface area contributed by atoms with Crippen LogP contribution in [-0.2, 0) is 11.2 Å². The SMILES string of the molecule is CC(=O)N(/N=C/c1ccccc1)c1ccc(Cc2ccc(Cl)cc2)c(Cl)c1. The number of rotatable bonds is 5. The second kappa shape index (κ2) is 8.85. The summed E-state index contributed by atoms with van der Waals surface area (Å²) in [6.45, 7) is 1.47. The van der Waals surface area contributed by atoms with E-state index in [1.54, 1.807) is 12.3 Å². The first kappa shape index (κ1) is 19.2. The van der Waals surface area contributed by atoms with Crippen LogP contribution in [0.15, 0.2) is 77.9 Å². The Bertz CT molecular complexity index is 954. The average molecular weight is 397 g/mol. The smallest absolute Gasteiger partial charge is 0.244 e. The molecule has 0 radical (unpaired) electrons. The van der Waals surface area contributed by atoms with Gasteiger partial charge in [0.25, 0.3) is 0 Å². The van der Waals surface area contributed by atoms with Gasteiger partial charge in [0.2, 0.25) is 5.91 Å². The third-order valence-corrected chi connectivity index (χ3v) is 4.61. The zero-order valence-corrected chi connectivity index (χ0v) is 16.3. The number of hydrogen-bond donors (Lipinski definition) is 0. The van der Waals surface area contributed by atoms with Gasteiger partial charge in [0.05, 0.1) is 11.9 Å². The molecule has 0 spiro atoms. The van der Waals surface area contributed by atoms with Gasteiger partial charge in [-0.05, 0) is 47.4 Å². The summed E-state index contributed by atoms with van der Waals surface area (Å²) in [5, 5.41) is 6.94. The van der Waals surface area contributed by atoms with Gasteiger partial charge < -0.3 is 0 Å². The lowest BCUT2D eigenvalue weighted by Gasteiger charge is -2.16. The summed E-state index contributed by atoms with van der Waals surface area (Å²) < 4.78 is 0. The zero-order chi connectivity index (χ0) is 19.2. The Labute approximate surface area is 168 Å². The lowest BCUT2D eigenvalue weighted by Crippen LogP contribution is -2.22. The first-order valence-electron chi connectivity index (χ1n) is 8.45. The van der Waals surface area contributed by atoms with Crippen molar-refractivity contribution in [3.8, 4) is 0 Å². The molecular weight excluding hydrogens is 379 g/mol. The highest BCUT2D eigenvalue weighted by atomic mass is 35.5. The van der Waals surface area contributed by atoms with Crippen LogP contribution in [0.25, 0.3) is 0 Å². The lowest BCUT2D eigenvalue weighted by atomic mass is 10.0. The van der Waals surface area contributed by atoms with E-state index < -0.39 is 0 Å². The lowest BCUT2D eigenvalue weighted by molar-refractivity contribution is -0.116. The van der Waals surface area contributed by atoms with E-state index in [9.17, 15) is 4.79 Å². The molecular formula is C22H18Cl2N2O. The highest BCUT2D eigenvalue weighted by Crippen LogP contribution is 2.26. The molecule has 0 aliphatic carbocycles. The third kappa shape index (κ3) is 5.19. The van der Waals surface area contributed by atoms with Gasteiger partial charge in [-0.15, -0.1) is 0 Å². The Morgan fingerprint density at radius 3 is 2.33 bits per heavy atom. The molecule has 0 saturated carbocycles. The Morgan fingerprint density at radius 1 is 1.00 bits per heavy atom. The van der Waals surface area contributed by atoms with Crippen molar-refractivity contribution in [2.45, 2.75) is 13.3 Å². The molecule has 0 aliphatic rings. The number of carbonyl (C=O) groups excluding carboxylic acids is 1. The number of hydrazone groups is 1. The van der Waals surface area contributed by atoms with Crippen molar-refractivity contribution in [1.29, 1.82) is 0 Å². The van der Waals surface area contributed by atoms with E-state index in [2.05, 4.69) is 5.10 Å². The van der Waals surface area contributed by atoms with E-state index in [1.165, 1.54) is 11.9 Å². The maximum absolute atomic E-state index is 12.0. The van der Waals surface area contributed by atoms with E-state index >= 15 is 0 Å². The summed E-state index contributed by atoms with van der Waals surface area (Å²) in [4.78, 5) is 12.0. The van der Waals surface area contributed by atoms with Crippen molar-refractivity contribution in [2.75, 3.05) is 5.01 Å². The molecule has 3 aromatic carbocycles. The molecule has 0 heterocycles. The Kier molecular flexibility index (Phi) is 6.28. The molecule has 0 unspecified atom stereocenters. The number of benzene rings is 3. The average Bonchev–Trinajstić information content (AvgIpc) is 2.66. The summed E-state index contributed by atoms with van der Waals surface area (Å²) in [5.74, 6) is -0.191. The van der Waals surface area contributed by atoms with Crippen molar-refractivity contribution in [3.63, 3.8) is 0 Å². The number of halogens is 2. The third-order valence-electron chi connectivity index (χ3n) is 4.01. The summed E-state index contributed by atoms with van der Waals surface area (Å²) in [5.41, 5.74) is 3.62. The predicted molar refractivity (Wildman–Crippen MR) is 113 cm³/mol. The van der Waals surface area contributed by atoms with Crippen molar-refractivity contribution >= 4 is 41.0 Å². The van der Waals surface area contributed by atoms with Crippen LogP contribution in [0, 0.1) is 0 Å². The second-order valence-corrected chi connectivity index (χ2v) is 6.91. The van der Waals surface area contributed by atoms with E-state index in [0.29, 0.717) is 22.2 Å². The Morgan fingerprint density at radius 2 is 1.70 bits per heavy atom. The molecule has 1 amide bonds. The minimum atomic E-state index is -0.191. The van der Waals surface area contributed by atoms with Crippen LogP contribution in [0.2, 0.25) is 10.0 Å². The topological polar surface area (TPSA) is 32.7 Å². The molecule has 0 bridgehead atoms. The minimum Gasteiger partial charge on any atom is -0.273 e. The number of hydrogen-bond acceptors (Lipinski definition) is 2. The van der Waals surface area contributed by atoms with Crippen molar-refractivity contribution in [2.24, 2.45) is 5.10 Å². The van der Waals surface area contributed by atoms with Crippen LogP contribution >= 0.6 is 23.2 Å². The molecule has 3 nitrogen and oxygen atoms in total. The number of nitrogens with zero attached hydrogens (tertiary/aromatic N) is 2. The highest BCUT2D eigenvalue weighted by Gasteiger charge is 2.12. The normalized spacial score (nSPS) is 10.9. The molecule has 3 aromatic rings. The summed E-state index contributed by atoms with van der Waals surface area (Å²) in [7, 11) is 0. The molecule has 0 aliphatic heterocycles. The number of amides is 1. The van der Waals surface area contributed by atoms with Gasteiger partial charge >= 0.3 is 0 Å². The minimum absolute atomic E-state index is 0.191. The standard InChI is InChI=1S/C22H18Cl2N2O/c1-16(27)26(25-15-18-5-3-2-4-6-18)21-12-9-19(22(24)14-21)13-17-7-10-20(23)11-8-17/h2-12,14-15H,13H2,1H3/b25-15+. The van der Waals surface area contributed by atoms with Gasteiger partial charge in [-0.25, -0.2) is 5.01 Å². The molecule has 0 aromatic heterocycles. The maximum Gasteiger partial charge on any atom is 0.244 e. The first-order chi connectivity index (χ1) is 13.0. The van der Waals surface area contributed by atoms with Gasteiger partial charge in [-0.3, -0.25) is 4.79 Å². The summed E-state index contributed by atoms with van der Waals surface area (Å²) in [6, 6.07) is 22.8. The van der Waals surface area contributed by atoms with Crippen LogP contribution in [0.1, 0.15) is 23.6 Å². The van der Waals surface area contributed by atoms with Crippen molar-refractivity contribution < 1.29 is 4.79 Å². The van der Waals surface area contributed by atoms with Crippen LogP contribution in [0.3, 0.4) is 0 Å². The fourth-order valence-electron chi connectivity index (χ4n) is 2.63. The van der Waals surface area contributed by atoms with Crippen molar-refractivity contribution in [1.82, 2.24) is 0 Å². The first-order valence-corrected chi connectivity index (χ1v) is 9.21. The maximum atomic E-state index is 12.0. The molecule has 136 valence electrons. The fourth-order valence-corrected chi connectivity index (χ4v) is 2.99. The van der Waals surface area contributed by atoms with E-state index in [0.717, 1.165) is 16.7 Å². The van der Waals surface area contributed by atoms with Crippen LogP contribution in [-0.4, -0.2) is 12.1 Å². The van der Waals surface area contributed by atoms with Gasteiger partial charge in [0.1, 0.15) is 0 Å². The quantitative estimate of drug-likeness (QED) is 0.386. The van der Waals surface area contributed by atoms with Crippen LogP contribution in [0.4, 0.5) is 5.69 Å². The number of anilines is 1. The molecule has 0 atom stereocenters. The molecule has 0 saturated heterocycles. The number of carbonyl (C=O) groups is 1. The van der Waals surface area contributed by atoms with E-state index in [1.807, 2.05) is 66.7 Å².